The number of amides is 1. The van der Waals surface area contributed by atoms with Gasteiger partial charge in [0.25, 0.3) is 5.56 Å². The molecule has 8 heteroatoms. The fourth-order valence-corrected chi connectivity index (χ4v) is 4.47. The zero-order valence-electron chi connectivity index (χ0n) is 16.0. The molecule has 0 radical (unpaired) electrons. The third-order valence-corrected chi connectivity index (χ3v) is 6.02. The van der Waals surface area contributed by atoms with Gasteiger partial charge in [-0.15, -0.1) is 0 Å². The van der Waals surface area contributed by atoms with Crippen molar-refractivity contribution in [3.8, 4) is 6.07 Å². The number of aromatic nitrogens is 2. The number of halogens is 1. The molecule has 2 aromatic rings. The number of nitrogens with zero attached hydrogens (tertiary/aromatic N) is 3. The van der Waals surface area contributed by atoms with Gasteiger partial charge in [0.15, 0.2) is 5.16 Å². The second-order valence-electron chi connectivity index (χ2n) is 7.60. The molecule has 0 unspecified atom stereocenters. The Kier molecular flexibility index (Phi) is 6.31. The van der Waals surface area contributed by atoms with E-state index in [1.807, 2.05) is 13.8 Å². The van der Waals surface area contributed by atoms with Crippen molar-refractivity contribution < 1.29 is 4.79 Å². The largest absolute Gasteiger partial charge is 0.337 e. The summed E-state index contributed by atoms with van der Waals surface area (Å²) < 4.78 is 1.61. The number of nitriles is 1. The summed E-state index contributed by atoms with van der Waals surface area (Å²) in [5.41, 5.74) is -0.349. The molecule has 1 aromatic heterocycles. The molecular formula is C20H23ClN4O2S. The Hall–Kier alpha value is -2.04. The molecule has 1 fully saturated rings. The number of carbonyl (C=O) groups excluding carboxylic acids is 1. The highest BCUT2D eigenvalue weighted by molar-refractivity contribution is 7.99. The van der Waals surface area contributed by atoms with E-state index in [0.29, 0.717) is 40.5 Å². The molecule has 1 amide bonds. The number of fused-ring (bicyclic) bond motifs is 1. The lowest BCUT2D eigenvalue weighted by molar-refractivity contribution is -0.119. The molecular weight excluding hydrogens is 396 g/mol. The Bertz CT molecular complexity index is 990. The van der Waals surface area contributed by atoms with Crippen molar-refractivity contribution in [2.24, 2.45) is 5.92 Å². The first-order valence-electron chi connectivity index (χ1n) is 9.39. The van der Waals surface area contributed by atoms with Gasteiger partial charge in [-0.1, -0.05) is 37.2 Å². The third-order valence-electron chi connectivity index (χ3n) is 4.81. The van der Waals surface area contributed by atoms with Crippen molar-refractivity contribution in [3.05, 3.63) is 33.6 Å². The Morgan fingerprint density at radius 2 is 2.14 bits per heavy atom. The molecule has 0 saturated heterocycles. The van der Waals surface area contributed by atoms with E-state index in [9.17, 15) is 14.9 Å². The Morgan fingerprint density at radius 1 is 1.43 bits per heavy atom. The average Bonchev–Trinajstić information content (AvgIpc) is 3.12. The van der Waals surface area contributed by atoms with Crippen LogP contribution in [0.3, 0.4) is 0 Å². The summed E-state index contributed by atoms with van der Waals surface area (Å²) in [4.78, 5) is 30.0. The van der Waals surface area contributed by atoms with Gasteiger partial charge in [0.05, 0.1) is 22.7 Å². The van der Waals surface area contributed by atoms with E-state index in [2.05, 4.69) is 16.4 Å². The molecule has 0 spiro atoms. The van der Waals surface area contributed by atoms with Crippen LogP contribution in [0.1, 0.15) is 39.5 Å². The summed E-state index contributed by atoms with van der Waals surface area (Å²) in [6, 6.07) is 7.29. The van der Waals surface area contributed by atoms with Gasteiger partial charge in [0, 0.05) is 11.6 Å². The molecule has 1 aromatic carbocycles. The number of hydrogen-bond acceptors (Lipinski definition) is 5. The van der Waals surface area contributed by atoms with Crippen molar-refractivity contribution in [2.45, 2.75) is 56.8 Å². The molecule has 1 saturated carbocycles. The van der Waals surface area contributed by atoms with Crippen molar-refractivity contribution in [1.82, 2.24) is 14.9 Å². The second kappa shape index (κ2) is 8.54. The SMILES string of the molecule is CC(C)Cn1c(SCC(=O)NC2(C#N)CCCC2)nc2ccc(Cl)cc2c1=O. The zero-order chi connectivity index (χ0) is 20.3. The van der Waals surface area contributed by atoms with Crippen molar-refractivity contribution in [3.63, 3.8) is 0 Å². The van der Waals surface area contributed by atoms with Crippen LogP contribution in [-0.4, -0.2) is 26.8 Å². The third kappa shape index (κ3) is 4.50. The molecule has 1 aliphatic carbocycles. The predicted molar refractivity (Wildman–Crippen MR) is 112 cm³/mol. The molecule has 0 atom stereocenters. The van der Waals surface area contributed by atoms with Gasteiger partial charge in [-0.3, -0.25) is 14.2 Å². The average molecular weight is 419 g/mol. The van der Waals surface area contributed by atoms with Crippen LogP contribution in [0.15, 0.2) is 28.2 Å². The van der Waals surface area contributed by atoms with Crippen LogP contribution < -0.4 is 10.9 Å². The Balaban J connectivity index is 1.85. The first kappa shape index (κ1) is 20.7. The Morgan fingerprint density at radius 3 is 2.79 bits per heavy atom. The molecule has 148 valence electrons. The van der Waals surface area contributed by atoms with Gasteiger partial charge in [-0.2, -0.15) is 5.26 Å². The number of rotatable bonds is 6. The zero-order valence-corrected chi connectivity index (χ0v) is 17.6. The van der Waals surface area contributed by atoms with Crippen molar-refractivity contribution >= 4 is 40.2 Å². The lowest BCUT2D eigenvalue weighted by atomic mass is 10.0. The number of thioether (sulfide) groups is 1. The summed E-state index contributed by atoms with van der Waals surface area (Å²) in [6.07, 6.45) is 3.27. The molecule has 1 heterocycles. The van der Waals surface area contributed by atoms with Crippen LogP contribution in [-0.2, 0) is 11.3 Å². The van der Waals surface area contributed by atoms with Gasteiger partial charge in [0.1, 0.15) is 5.54 Å². The fraction of sp³-hybridized carbons (Fsp3) is 0.500. The molecule has 1 aliphatic rings. The molecule has 6 nitrogen and oxygen atoms in total. The quantitative estimate of drug-likeness (QED) is 0.570. The predicted octanol–water partition coefficient (Wildman–Crippen LogP) is 3.75. The lowest BCUT2D eigenvalue weighted by Gasteiger charge is -2.22. The normalized spacial score (nSPS) is 15.7. The number of hydrogen-bond donors (Lipinski definition) is 1. The first-order chi connectivity index (χ1) is 13.3. The van der Waals surface area contributed by atoms with Crippen molar-refractivity contribution in [2.75, 3.05) is 5.75 Å². The monoisotopic (exact) mass is 418 g/mol. The summed E-state index contributed by atoms with van der Waals surface area (Å²) >= 11 is 7.26. The maximum atomic E-state index is 13.0. The molecule has 0 bridgehead atoms. The highest BCUT2D eigenvalue weighted by Crippen LogP contribution is 2.29. The number of carbonyl (C=O) groups is 1. The van der Waals surface area contributed by atoms with E-state index in [-0.39, 0.29) is 23.1 Å². The molecule has 1 N–H and O–H groups in total. The van der Waals surface area contributed by atoms with E-state index in [1.54, 1.807) is 22.8 Å². The van der Waals surface area contributed by atoms with Gasteiger partial charge >= 0.3 is 0 Å². The summed E-state index contributed by atoms with van der Waals surface area (Å²) in [5.74, 6) is 0.132. The topological polar surface area (TPSA) is 87.8 Å². The summed E-state index contributed by atoms with van der Waals surface area (Å²) in [5, 5.41) is 13.8. The minimum absolute atomic E-state index is 0.104. The maximum absolute atomic E-state index is 13.0. The van der Waals surface area contributed by atoms with E-state index in [1.165, 1.54) is 11.8 Å². The van der Waals surface area contributed by atoms with E-state index >= 15 is 0 Å². The fourth-order valence-electron chi connectivity index (χ4n) is 3.49. The number of nitrogens with one attached hydrogen (secondary N) is 1. The minimum atomic E-state index is -0.747. The standard InChI is InChI=1S/C20H23ClN4O2S/c1-13(2)10-25-18(27)15-9-14(21)5-6-16(15)23-19(25)28-11-17(26)24-20(12-22)7-3-4-8-20/h5-6,9,13H,3-4,7-8,10-11H2,1-2H3,(H,24,26). The van der Waals surface area contributed by atoms with Gasteiger partial charge in [0.2, 0.25) is 5.91 Å². The first-order valence-corrected chi connectivity index (χ1v) is 10.7. The van der Waals surface area contributed by atoms with Crippen LogP contribution in [0.25, 0.3) is 10.9 Å². The van der Waals surface area contributed by atoms with Crippen molar-refractivity contribution in [1.29, 1.82) is 5.26 Å². The Labute approximate surface area is 173 Å². The van der Waals surface area contributed by atoms with Gasteiger partial charge < -0.3 is 5.32 Å². The van der Waals surface area contributed by atoms with Crippen LogP contribution in [0.2, 0.25) is 5.02 Å². The maximum Gasteiger partial charge on any atom is 0.262 e. The summed E-state index contributed by atoms with van der Waals surface area (Å²) in [7, 11) is 0. The minimum Gasteiger partial charge on any atom is -0.337 e. The number of benzene rings is 1. The summed E-state index contributed by atoms with van der Waals surface area (Å²) in [6.45, 7) is 4.54. The van der Waals surface area contributed by atoms with Gasteiger partial charge in [-0.25, -0.2) is 4.98 Å². The highest BCUT2D eigenvalue weighted by Gasteiger charge is 2.35. The second-order valence-corrected chi connectivity index (χ2v) is 8.98. The van der Waals surface area contributed by atoms with E-state index < -0.39 is 5.54 Å². The van der Waals surface area contributed by atoms with Crippen LogP contribution in [0, 0.1) is 17.2 Å². The molecule has 28 heavy (non-hydrogen) atoms. The molecule has 3 rings (SSSR count). The molecule has 0 aliphatic heterocycles. The lowest BCUT2D eigenvalue weighted by Crippen LogP contribution is -2.45. The van der Waals surface area contributed by atoms with Crippen LogP contribution >= 0.6 is 23.4 Å². The smallest absolute Gasteiger partial charge is 0.262 e. The van der Waals surface area contributed by atoms with Gasteiger partial charge in [-0.05, 0) is 49.8 Å². The van der Waals surface area contributed by atoms with E-state index in [0.717, 1.165) is 12.8 Å². The van der Waals surface area contributed by atoms with Crippen LogP contribution in [0.5, 0.6) is 0 Å². The van der Waals surface area contributed by atoms with Crippen LogP contribution in [0.4, 0.5) is 0 Å². The highest BCUT2D eigenvalue weighted by atomic mass is 35.5. The van der Waals surface area contributed by atoms with E-state index in [4.69, 9.17) is 11.6 Å².